The molecule has 1 unspecified atom stereocenters. The van der Waals surface area contributed by atoms with E-state index in [9.17, 15) is 22.0 Å². The molecule has 0 radical (unpaired) electrons. The van der Waals surface area contributed by atoms with Crippen molar-refractivity contribution in [3.8, 4) is 11.1 Å². The Balaban J connectivity index is 2.04. The van der Waals surface area contributed by atoms with Gasteiger partial charge in [0.25, 0.3) is 0 Å². The van der Waals surface area contributed by atoms with Crippen molar-refractivity contribution in [2.24, 2.45) is 10.8 Å². The third kappa shape index (κ3) is 5.53. The highest BCUT2D eigenvalue weighted by Gasteiger charge is 2.35. The van der Waals surface area contributed by atoms with E-state index in [0.717, 1.165) is 24.5 Å². The maximum atomic E-state index is 13.5. The van der Waals surface area contributed by atoms with Crippen molar-refractivity contribution in [2.75, 3.05) is 5.32 Å². The Labute approximate surface area is 204 Å². The zero-order valence-electron chi connectivity index (χ0n) is 17.9. The van der Waals surface area contributed by atoms with Gasteiger partial charge in [-0.05, 0) is 34.5 Å². The van der Waals surface area contributed by atoms with Gasteiger partial charge in [0.2, 0.25) is 5.82 Å². The highest BCUT2D eigenvalue weighted by Crippen LogP contribution is 2.41. The molecule has 0 bridgehead atoms. The van der Waals surface area contributed by atoms with Crippen LogP contribution in [0.2, 0.25) is 0 Å². The molecule has 8 nitrogen and oxygen atoms in total. The number of nitrogen functional groups attached to an aromatic ring is 1. The van der Waals surface area contributed by atoms with Gasteiger partial charge in [-0.3, -0.25) is 5.41 Å². The average Bonchev–Trinajstić information content (AvgIpc) is 3.15. The summed E-state index contributed by atoms with van der Waals surface area (Å²) >= 11 is 3.41. The molecule has 1 aromatic carbocycles. The smallest absolute Gasteiger partial charge is 0.382 e. The van der Waals surface area contributed by atoms with Crippen LogP contribution in [0, 0.1) is 22.6 Å². The van der Waals surface area contributed by atoms with Gasteiger partial charge in [-0.2, -0.15) is 18.3 Å². The van der Waals surface area contributed by atoms with Crippen LogP contribution in [0.3, 0.4) is 0 Å². The van der Waals surface area contributed by atoms with Gasteiger partial charge in [0, 0.05) is 57.6 Å². The maximum absolute atomic E-state index is 13.5. The van der Waals surface area contributed by atoms with Crippen LogP contribution in [0.25, 0.3) is 11.1 Å². The molecule has 6 N–H and O–H groups in total. The maximum Gasteiger partial charge on any atom is 0.451 e. The molecule has 2 aromatic heterocycles. The molecule has 0 aliphatic heterocycles. The summed E-state index contributed by atoms with van der Waals surface area (Å²) in [6, 6.07) is 3.19. The van der Waals surface area contributed by atoms with Crippen molar-refractivity contribution in [3.05, 3.63) is 75.8 Å². The molecule has 1 atom stereocenters. The number of aromatic amines is 1. The normalized spacial score (nSPS) is 12.9. The molecule has 3 aromatic rings. The van der Waals surface area contributed by atoms with Crippen molar-refractivity contribution in [2.45, 2.75) is 25.4 Å². The lowest BCUT2D eigenvalue weighted by Gasteiger charge is -2.15. The molecule has 0 amide bonds. The van der Waals surface area contributed by atoms with E-state index in [1.165, 1.54) is 12.3 Å². The number of alkyl halides is 3. The van der Waals surface area contributed by atoms with Crippen LogP contribution in [0.4, 0.5) is 27.6 Å². The Hall–Kier alpha value is -3.68. The Kier molecular flexibility index (Phi) is 7.63. The van der Waals surface area contributed by atoms with Gasteiger partial charge in [-0.25, -0.2) is 24.3 Å². The average molecular weight is 557 g/mol. The van der Waals surface area contributed by atoms with E-state index in [1.54, 1.807) is 6.92 Å². The summed E-state index contributed by atoms with van der Waals surface area (Å²) in [6.07, 6.45) is -1.04. The number of anilines is 1. The topological polar surface area (TPSA) is 140 Å². The highest BCUT2D eigenvalue weighted by atomic mass is 79.9. The van der Waals surface area contributed by atoms with Crippen LogP contribution in [0.1, 0.15) is 36.5 Å². The van der Waals surface area contributed by atoms with Crippen LogP contribution in [0.5, 0.6) is 0 Å². The number of aromatic nitrogens is 3. The highest BCUT2D eigenvalue weighted by molar-refractivity contribution is 9.10. The van der Waals surface area contributed by atoms with Gasteiger partial charge in [0.15, 0.2) is 11.6 Å². The number of amidine groups is 1. The molecule has 2 heterocycles. The number of benzene rings is 1. The fraction of sp³-hybridized carbons (Fsp3) is 0.190. The Morgan fingerprint density at radius 2 is 1.91 bits per heavy atom. The Bertz CT molecular complexity index is 1280. The van der Waals surface area contributed by atoms with Crippen LogP contribution >= 0.6 is 15.9 Å². The minimum atomic E-state index is -4.72. The quantitative estimate of drug-likeness (QED) is 0.0961. The number of nitrogens with two attached hydrogens (primary N) is 1. The largest absolute Gasteiger partial charge is 0.451 e. The van der Waals surface area contributed by atoms with Crippen molar-refractivity contribution >= 4 is 27.5 Å². The van der Waals surface area contributed by atoms with E-state index in [4.69, 9.17) is 16.7 Å². The fourth-order valence-corrected chi connectivity index (χ4v) is 4.13. The predicted molar refractivity (Wildman–Crippen MR) is 122 cm³/mol. The summed E-state index contributed by atoms with van der Waals surface area (Å²) in [5, 5.41) is 14.2. The lowest BCUT2D eigenvalue weighted by molar-refractivity contribution is -0.144. The number of nitrogens with zero attached hydrogens (tertiary/aromatic N) is 3. The van der Waals surface area contributed by atoms with Gasteiger partial charge < -0.3 is 16.0 Å². The van der Waals surface area contributed by atoms with Crippen LogP contribution < -0.4 is 11.1 Å². The number of rotatable bonds is 8. The van der Waals surface area contributed by atoms with Gasteiger partial charge in [0.1, 0.15) is 5.84 Å². The predicted octanol–water partition coefficient (Wildman–Crippen LogP) is 6.29. The number of halogens is 6. The summed E-state index contributed by atoms with van der Waals surface area (Å²) < 4.78 is 65.6. The van der Waals surface area contributed by atoms with Crippen molar-refractivity contribution in [1.29, 1.82) is 10.9 Å². The third-order valence-corrected chi connectivity index (χ3v) is 5.80. The molecule has 35 heavy (non-hydrogen) atoms. The molecule has 0 aliphatic carbocycles. The lowest BCUT2D eigenvalue weighted by atomic mass is 9.98. The molecule has 0 fully saturated rings. The van der Waals surface area contributed by atoms with Gasteiger partial charge in [0.05, 0.1) is 11.4 Å². The summed E-state index contributed by atoms with van der Waals surface area (Å²) in [6.45, 7) is 1.79. The number of nitrogens with one attached hydrogen (secondary N) is 4. The Morgan fingerprint density at radius 3 is 2.43 bits per heavy atom. The van der Waals surface area contributed by atoms with Crippen molar-refractivity contribution in [3.63, 3.8) is 0 Å². The van der Waals surface area contributed by atoms with E-state index < -0.39 is 35.4 Å². The van der Waals surface area contributed by atoms with E-state index in [1.807, 2.05) is 0 Å². The van der Waals surface area contributed by atoms with Crippen molar-refractivity contribution < 1.29 is 22.0 Å². The number of allylic oxidation sites excluding steroid dienone is 1. The fourth-order valence-electron chi connectivity index (χ4n) is 3.33. The first-order chi connectivity index (χ1) is 16.5. The van der Waals surface area contributed by atoms with Crippen molar-refractivity contribution in [1.82, 2.24) is 15.0 Å². The van der Waals surface area contributed by atoms with E-state index >= 15 is 0 Å². The van der Waals surface area contributed by atoms with Crippen LogP contribution in [0.15, 0.2) is 52.1 Å². The number of hydrogen-bond acceptors (Lipinski definition) is 6. The molecule has 0 saturated carbocycles. The van der Waals surface area contributed by atoms with E-state index in [0.29, 0.717) is 16.6 Å². The first kappa shape index (κ1) is 25.9. The zero-order chi connectivity index (χ0) is 25.9. The minimum absolute atomic E-state index is 0.103. The molecule has 0 saturated heterocycles. The van der Waals surface area contributed by atoms with Gasteiger partial charge in [-0.1, -0.05) is 6.92 Å². The third-order valence-electron chi connectivity index (χ3n) is 4.98. The summed E-state index contributed by atoms with van der Waals surface area (Å²) in [5.74, 6) is -4.35. The lowest BCUT2D eigenvalue weighted by Crippen LogP contribution is -2.14. The SMILES string of the molecule is CCC(/C(=C/Nc1ccc(F)c(F)c1)N=N)c1[nH]c(C(=N)N)c(-c2cnc(C(F)(F)F)nc2)c1Br. The second-order valence-electron chi connectivity index (χ2n) is 7.22. The number of H-pyrrole nitrogens is 1. The second kappa shape index (κ2) is 10.3. The van der Waals surface area contributed by atoms with Crippen LogP contribution in [-0.4, -0.2) is 20.8 Å². The zero-order valence-corrected chi connectivity index (χ0v) is 19.5. The monoisotopic (exact) mass is 556 g/mol. The summed E-state index contributed by atoms with van der Waals surface area (Å²) in [7, 11) is 0. The molecule has 0 aliphatic rings. The van der Waals surface area contributed by atoms with Gasteiger partial charge in [-0.15, -0.1) is 0 Å². The first-order valence-corrected chi connectivity index (χ1v) is 10.7. The molecule has 14 heteroatoms. The molecular formula is C21H18BrF5N8. The summed E-state index contributed by atoms with van der Waals surface area (Å²) in [5.41, 5.74) is 14.7. The standard InChI is InChI=1S/C21H18BrF5N8/c1-2-11(14(35-30)8-31-10-3-4-12(23)13(24)5-10)17-16(22)15(18(34-17)19(28)29)9-6-32-20(33-7-9)21(25,26)27/h3-8,11,30-31,34H,2H2,1H3,(H3,28,29)/b14-8-,35-30?. The Morgan fingerprint density at radius 1 is 1.26 bits per heavy atom. The second-order valence-corrected chi connectivity index (χ2v) is 8.02. The molecule has 0 spiro atoms. The van der Waals surface area contributed by atoms with Crippen LogP contribution in [-0.2, 0) is 6.18 Å². The first-order valence-electron chi connectivity index (χ1n) is 9.92. The molecule has 3 rings (SSSR count). The number of hydrogen-bond donors (Lipinski definition) is 5. The molecular weight excluding hydrogens is 539 g/mol. The van der Waals surface area contributed by atoms with Gasteiger partial charge >= 0.3 is 6.18 Å². The molecule has 184 valence electrons. The van der Waals surface area contributed by atoms with E-state index in [-0.39, 0.29) is 28.2 Å². The summed E-state index contributed by atoms with van der Waals surface area (Å²) in [4.78, 5) is 9.70. The minimum Gasteiger partial charge on any atom is -0.382 e. The van der Waals surface area contributed by atoms with E-state index in [2.05, 4.69) is 41.3 Å².